The number of aliphatic hydroxyl groups is 1. The van der Waals surface area contributed by atoms with Gasteiger partial charge in [0, 0.05) is 0 Å². The second kappa shape index (κ2) is 8.13. The molecular weight excluding hydrogens is 240 g/mol. The Morgan fingerprint density at radius 3 is 2.28 bits per heavy atom. The maximum Gasteiger partial charge on any atom is 0.192 e. The average Bonchev–Trinajstić information content (AvgIpc) is 2.24. The zero-order valence-corrected chi connectivity index (χ0v) is 14.1. The molecule has 0 rings (SSSR count). The average molecular weight is 273 g/mol. The number of unbranched alkanes of at least 4 members (excludes halogenated alkanes) is 2. The summed E-state index contributed by atoms with van der Waals surface area (Å²) in [4.78, 5) is 0. The number of aliphatic hydroxyl groups excluding tert-OH is 1. The zero-order valence-electron chi connectivity index (χ0n) is 13.1. The fraction of sp³-hybridized carbons (Fsp3) is 0.867. The Hall–Kier alpha value is -0.123. The Morgan fingerprint density at radius 2 is 1.83 bits per heavy atom. The molecule has 0 spiro atoms. The van der Waals surface area contributed by atoms with Crippen LogP contribution in [0.2, 0.25) is 18.1 Å². The van der Waals surface area contributed by atoms with Crippen LogP contribution in [0, 0.1) is 0 Å². The Morgan fingerprint density at radius 1 is 1.22 bits per heavy atom. The van der Waals surface area contributed by atoms with Gasteiger partial charge in [-0.15, -0.1) is 0 Å². The van der Waals surface area contributed by atoms with E-state index in [1.165, 1.54) is 19.3 Å². The third-order valence-electron chi connectivity index (χ3n) is 3.80. The van der Waals surface area contributed by atoms with Crippen LogP contribution in [-0.2, 0) is 4.43 Å². The van der Waals surface area contributed by atoms with Gasteiger partial charge in [-0.3, -0.25) is 0 Å². The first-order valence-electron chi connectivity index (χ1n) is 7.20. The second-order valence-electron chi connectivity index (χ2n) is 6.52. The quantitative estimate of drug-likeness (QED) is 0.400. The highest BCUT2D eigenvalue weighted by Gasteiger charge is 2.38. The summed E-state index contributed by atoms with van der Waals surface area (Å²) >= 11 is 0. The van der Waals surface area contributed by atoms with E-state index in [9.17, 15) is 0 Å². The van der Waals surface area contributed by atoms with Crippen molar-refractivity contribution in [2.45, 2.75) is 77.6 Å². The molecule has 0 saturated carbocycles. The molecule has 2 nitrogen and oxygen atoms in total. The fourth-order valence-electron chi connectivity index (χ4n) is 1.56. The number of hydrogen-bond donors (Lipinski definition) is 1. The summed E-state index contributed by atoms with van der Waals surface area (Å²) < 4.78 is 6.39. The molecule has 1 atom stereocenters. The van der Waals surface area contributed by atoms with Gasteiger partial charge in [0.15, 0.2) is 8.32 Å². The SMILES string of the molecule is CCCCCC(/C=C/CO)O[Si](C)(C)C(C)(C)C. The van der Waals surface area contributed by atoms with E-state index >= 15 is 0 Å². The van der Waals surface area contributed by atoms with E-state index < -0.39 is 8.32 Å². The summed E-state index contributed by atoms with van der Waals surface area (Å²) in [5.41, 5.74) is 0. The van der Waals surface area contributed by atoms with Crippen LogP contribution in [0.25, 0.3) is 0 Å². The third-order valence-corrected chi connectivity index (χ3v) is 8.30. The van der Waals surface area contributed by atoms with Crippen molar-refractivity contribution in [3.8, 4) is 0 Å². The summed E-state index contributed by atoms with van der Waals surface area (Å²) in [6.07, 6.45) is 8.77. The predicted molar refractivity (Wildman–Crippen MR) is 82.4 cm³/mol. The van der Waals surface area contributed by atoms with Gasteiger partial charge in [0.1, 0.15) is 0 Å². The molecule has 0 fully saturated rings. The summed E-state index contributed by atoms with van der Waals surface area (Å²) in [5, 5.41) is 9.15. The zero-order chi connectivity index (χ0) is 14.2. The first-order valence-corrected chi connectivity index (χ1v) is 10.1. The molecule has 0 bridgehead atoms. The highest BCUT2D eigenvalue weighted by molar-refractivity contribution is 6.74. The maximum absolute atomic E-state index is 8.91. The van der Waals surface area contributed by atoms with E-state index in [0.29, 0.717) is 0 Å². The molecular formula is C15H32O2Si. The van der Waals surface area contributed by atoms with Crippen LogP contribution >= 0.6 is 0 Å². The fourth-order valence-corrected chi connectivity index (χ4v) is 2.86. The molecule has 0 aliphatic rings. The van der Waals surface area contributed by atoms with Crippen molar-refractivity contribution in [2.75, 3.05) is 6.61 Å². The van der Waals surface area contributed by atoms with Gasteiger partial charge in [-0.05, 0) is 24.6 Å². The Balaban J connectivity index is 4.52. The highest BCUT2D eigenvalue weighted by Crippen LogP contribution is 2.37. The lowest BCUT2D eigenvalue weighted by molar-refractivity contribution is 0.209. The summed E-state index contributed by atoms with van der Waals surface area (Å²) in [5.74, 6) is 0. The lowest BCUT2D eigenvalue weighted by Gasteiger charge is -2.38. The summed E-state index contributed by atoms with van der Waals surface area (Å²) in [7, 11) is -1.71. The molecule has 0 aromatic heterocycles. The first kappa shape index (κ1) is 17.9. The van der Waals surface area contributed by atoms with Crippen LogP contribution in [0.1, 0.15) is 53.4 Å². The van der Waals surface area contributed by atoms with E-state index in [1.807, 2.05) is 12.2 Å². The van der Waals surface area contributed by atoms with Crippen molar-refractivity contribution in [1.82, 2.24) is 0 Å². The predicted octanol–water partition coefficient (Wildman–Crippen LogP) is 4.51. The minimum absolute atomic E-state index is 0.102. The largest absolute Gasteiger partial charge is 0.411 e. The van der Waals surface area contributed by atoms with Gasteiger partial charge in [-0.2, -0.15) is 0 Å². The third kappa shape index (κ3) is 6.71. The van der Waals surface area contributed by atoms with Crippen molar-refractivity contribution >= 4 is 8.32 Å². The van der Waals surface area contributed by atoms with Gasteiger partial charge >= 0.3 is 0 Å². The van der Waals surface area contributed by atoms with Crippen molar-refractivity contribution in [1.29, 1.82) is 0 Å². The van der Waals surface area contributed by atoms with Crippen LogP contribution in [0.3, 0.4) is 0 Å². The minimum Gasteiger partial charge on any atom is -0.411 e. The normalized spacial score (nSPS) is 15.3. The van der Waals surface area contributed by atoms with Gasteiger partial charge in [-0.1, -0.05) is 59.1 Å². The monoisotopic (exact) mass is 272 g/mol. The van der Waals surface area contributed by atoms with Crippen LogP contribution < -0.4 is 0 Å². The second-order valence-corrected chi connectivity index (χ2v) is 11.3. The molecule has 0 radical (unpaired) electrons. The molecule has 0 heterocycles. The van der Waals surface area contributed by atoms with Gasteiger partial charge in [-0.25, -0.2) is 0 Å². The molecule has 1 unspecified atom stereocenters. The van der Waals surface area contributed by atoms with Gasteiger partial charge in [0.2, 0.25) is 0 Å². The van der Waals surface area contributed by atoms with Crippen molar-refractivity contribution in [3.63, 3.8) is 0 Å². The van der Waals surface area contributed by atoms with Crippen LogP contribution in [0.15, 0.2) is 12.2 Å². The molecule has 0 amide bonds. The van der Waals surface area contributed by atoms with E-state index in [0.717, 1.165) is 6.42 Å². The Bertz CT molecular complexity index is 241. The van der Waals surface area contributed by atoms with E-state index in [1.54, 1.807) is 0 Å². The molecule has 3 heteroatoms. The molecule has 108 valence electrons. The lowest BCUT2D eigenvalue weighted by Crippen LogP contribution is -2.43. The standard InChI is InChI=1S/C15H32O2Si/c1-7-8-9-11-14(12-10-13-16)17-18(5,6)15(2,3)4/h10,12,14,16H,7-9,11,13H2,1-6H3/b12-10+. The smallest absolute Gasteiger partial charge is 0.192 e. The number of rotatable bonds is 8. The minimum atomic E-state index is -1.71. The van der Waals surface area contributed by atoms with Crippen molar-refractivity contribution < 1.29 is 9.53 Å². The van der Waals surface area contributed by atoms with E-state index in [2.05, 4.69) is 40.8 Å². The van der Waals surface area contributed by atoms with Crippen LogP contribution in [-0.4, -0.2) is 26.1 Å². The van der Waals surface area contributed by atoms with E-state index in [-0.39, 0.29) is 17.7 Å². The molecule has 0 aromatic rings. The van der Waals surface area contributed by atoms with Crippen molar-refractivity contribution in [2.24, 2.45) is 0 Å². The van der Waals surface area contributed by atoms with E-state index in [4.69, 9.17) is 9.53 Å². The first-order chi connectivity index (χ1) is 8.24. The van der Waals surface area contributed by atoms with Crippen LogP contribution in [0.5, 0.6) is 0 Å². The maximum atomic E-state index is 8.91. The van der Waals surface area contributed by atoms with Gasteiger partial charge < -0.3 is 9.53 Å². The Kier molecular flexibility index (Phi) is 8.07. The molecule has 0 saturated heterocycles. The summed E-state index contributed by atoms with van der Waals surface area (Å²) in [6.45, 7) is 13.7. The molecule has 18 heavy (non-hydrogen) atoms. The van der Waals surface area contributed by atoms with Crippen LogP contribution in [0.4, 0.5) is 0 Å². The molecule has 0 aliphatic carbocycles. The van der Waals surface area contributed by atoms with Gasteiger partial charge in [0.25, 0.3) is 0 Å². The summed E-state index contributed by atoms with van der Waals surface area (Å²) in [6, 6.07) is 0. The van der Waals surface area contributed by atoms with Crippen molar-refractivity contribution in [3.05, 3.63) is 12.2 Å². The molecule has 0 aliphatic heterocycles. The van der Waals surface area contributed by atoms with Gasteiger partial charge in [0.05, 0.1) is 12.7 Å². The Labute approximate surface area is 115 Å². The number of hydrogen-bond acceptors (Lipinski definition) is 2. The topological polar surface area (TPSA) is 29.5 Å². The highest BCUT2D eigenvalue weighted by atomic mass is 28.4. The molecule has 1 N–H and O–H groups in total. The lowest BCUT2D eigenvalue weighted by atomic mass is 10.1. The molecule has 0 aromatic carbocycles.